The third-order valence-electron chi connectivity index (χ3n) is 3.96. The van der Waals surface area contributed by atoms with Crippen LogP contribution in [-0.2, 0) is 19.6 Å². The molecule has 0 atom stereocenters. The molecule has 0 saturated carbocycles. The van der Waals surface area contributed by atoms with Gasteiger partial charge >= 0.3 is 6.09 Å². The Labute approximate surface area is 157 Å². The predicted molar refractivity (Wildman–Crippen MR) is 99.0 cm³/mol. The molecular weight excluding hydrogens is 368 g/mol. The summed E-state index contributed by atoms with van der Waals surface area (Å²) in [6.07, 6.45) is 0.346. The van der Waals surface area contributed by atoms with Gasteiger partial charge in [-0.1, -0.05) is 48.0 Å². The Balaban J connectivity index is 1.95. The second-order valence-electron chi connectivity index (χ2n) is 5.95. The summed E-state index contributed by atoms with van der Waals surface area (Å²) in [4.78, 5) is 25.0. The Morgan fingerprint density at radius 3 is 2.37 bits per heavy atom. The van der Waals surface area contributed by atoms with Crippen molar-refractivity contribution in [3.63, 3.8) is 0 Å². The van der Waals surface area contributed by atoms with E-state index >= 15 is 0 Å². The van der Waals surface area contributed by atoms with Gasteiger partial charge in [-0.3, -0.25) is 9.52 Å². The van der Waals surface area contributed by atoms with E-state index in [1.165, 1.54) is 12.1 Å². The highest BCUT2D eigenvalue weighted by Crippen LogP contribution is 2.18. The molecule has 0 aliphatic carbocycles. The average molecular weight is 386 g/mol. The van der Waals surface area contributed by atoms with Crippen molar-refractivity contribution in [2.75, 3.05) is 13.2 Å². The number of nitrogens with one attached hydrogen (secondary N) is 1. The van der Waals surface area contributed by atoms with Crippen molar-refractivity contribution < 1.29 is 22.7 Å². The van der Waals surface area contributed by atoms with Crippen LogP contribution in [0.15, 0.2) is 65.6 Å². The number of hydrogen-bond acceptors (Lipinski definition) is 5. The second kappa shape index (κ2) is 7.63. The van der Waals surface area contributed by atoms with Crippen LogP contribution in [0.1, 0.15) is 11.1 Å². The van der Waals surface area contributed by atoms with E-state index < -0.39 is 22.0 Å². The minimum absolute atomic E-state index is 0.0703. The molecule has 3 rings (SSSR count). The van der Waals surface area contributed by atoms with E-state index in [0.717, 1.165) is 16.5 Å². The van der Waals surface area contributed by atoms with Gasteiger partial charge in [0.15, 0.2) is 0 Å². The third-order valence-corrected chi connectivity index (χ3v) is 5.34. The largest absolute Gasteiger partial charge is 0.447 e. The van der Waals surface area contributed by atoms with Crippen LogP contribution >= 0.6 is 0 Å². The number of ether oxygens (including phenoxy) is 1. The predicted octanol–water partition coefficient (Wildman–Crippen LogP) is 2.29. The Morgan fingerprint density at radius 1 is 1.11 bits per heavy atom. The summed E-state index contributed by atoms with van der Waals surface area (Å²) >= 11 is 0. The van der Waals surface area contributed by atoms with Crippen molar-refractivity contribution in [2.45, 2.75) is 11.8 Å². The number of cyclic esters (lactones) is 1. The Hall–Kier alpha value is -3.13. The van der Waals surface area contributed by atoms with Crippen LogP contribution in [0.2, 0.25) is 0 Å². The van der Waals surface area contributed by atoms with Gasteiger partial charge in [-0.2, -0.15) is 0 Å². The first-order valence-corrected chi connectivity index (χ1v) is 9.70. The summed E-state index contributed by atoms with van der Waals surface area (Å²) in [6, 6.07) is 14.9. The number of carbonyl (C=O) groups is 2. The van der Waals surface area contributed by atoms with Gasteiger partial charge in [0, 0.05) is 6.08 Å². The molecule has 2 aromatic carbocycles. The fourth-order valence-corrected chi connectivity index (χ4v) is 3.58. The van der Waals surface area contributed by atoms with Gasteiger partial charge < -0.3 is 4.74 Å². The number of imide groups is 1. The molecule has 1 aliphatic rings. The van der Waals surface area contributed by atoms with E-state index in [2.05, 4.69) is 4.72 Å². The molecule has 0 unspecified atom stereocenters. The zero-order valence-corrected chi connectivity index (χ0v) is 15.4. The van der Waals surface area contributed by atoms with Gasteiger partial charge in [-0.15, -0.1) is 0 Å². The normalized spacial score (nSPS) is 14.8. The van der Waals surface area contributed by atoms with Crippen LogP contribution in [-0.4, -0.2) is 38.5 Å². The topological polar surface area (TPSA) is 92.8 Å². The van der Waals surface area contributed by atoms with Crippen LogP contribution < -0.4 is 4.72 Å². The molecule has 1 saturated heterocycles. The molecule has 0 bridgehead atoms. The molecule has 1 N–H and O–H groups in total. The van der Waals surface area contributed by atoms with Crippen molar-refractivity contribution in [1.29, 1.82) is 0 Å². The highest BCUT2D eigenvalue weighted by Gasteiger charge is 2.28. The number of benzene rings is 2. The standard InChI is InChI=1S/C19H18N2O5S/c1-14-7-9-16(10-8-14)27(24,25)20-17(15-5-3-2-4-6-15)13-18(22)21-11-12-26-19(21)23/h2-10,13,20H,11-12H2,1H3/b17-13-. The molecular formula is C19H18N2O5S. The minimum atomic E-state index is -3.91. The summed E-state index contributed by atoms with van der Waals surface area (Å²) < 4.78 is 32.7. The van der Waals surface area contributed by atoms with Gasteiger partial charge in [0.1, 0.15) is 6.61 Å². The Kier molecular flexibility index (Phi) is 5.27. The van der Waals surface area contributed by atoms with Crippen LogP contribution in [0.5, 0.6) is 0 Å². The van der Waals surface area contributed by atoms with Gasteiger partial charge in [0.2, 0.25) is 0 Å². The molecule has 1 heterocycles. The van der Waals surface area contributed by atoms with Crippen LogP contribution in [0.4, 0.5) is 4.79 Å². The quantitative estimate of drug-likeness (QED) is 0.796. The molecule has 27 heavy (non-hydrogen) atoms. The summed E-state index contributed by atoms with van der Waals surface area (Å²) in [6.45, 7) is 2.10. The third kappa shape index (κ3) is 4.35. The maximum absolute atomic E-state index is 12.7. The highest BCUT2D eigenvalue weighted by atomic mass is 32.2. The zero-order valence-electron chi connectivity index (χ0n) is 14.6. The number of amides is 2. The SMILES string of the molecule is Cc1ccc(S(=O)(=O)N/C(=C\C(=O)N2CCOC2=O)c2ccccc2)cc1. The molecule has 2 amide bonds. The summed E-state index contributed by atoms with van der Waals surface area (Å²) in [5.41, 5.74) is 1.49. The number of sulfonamides is 1. The van der Waals surface area contributed by atoms with Gasteiger partial charge in [-0.05, 0) is 24.6 Å². The molecule has 2 aromatic rings. The molecule has 8 heteroatoms. The first-order chi connectivity index (χ1) is 12.9. The lowest BCUT2D eigenvalue weighted by Gasteiger charge is -2.14. The smallest absolute Gasteiger partial charge is 0.416 e. The van der Waals surface area contributed by atoms with Gasteiger partial charge in [-0.25, -0.2) is 18.1 Å². The summed E-state index contributed by atoms with van der Waals surface area (Å²) in [5.74, 6) is -0.650. The van der Waals surface area contributed by atoms with Crippen molar-refractivity contribution in [3.05, 3.63) is 71.8 Å². The lowest BCUT2D eigenvalue weighted by molar-refractivity contribution is -0.122. The lowest BCUT2D eigenvalue weighted by Crippen LogP contribution is -2.31. The van der Waals surface area contributed by atoms with Crippen LogP contribution in [0.25, 0.3) is 5.70 Å². The highest BCUT2D eigenvalue weighted by molar-refractivity contribution is 7.89. The molecule has 0 spiro atoms. The van der Waals surface area contributed by atoms with Crippen molar-refractivity contribution in [3.8, 4) is 0 Å². The first kappa shape index (κ1) is 18.7. The number of nitrogens with zero attached hydrogens (tertiary/aromatic N) is 1. The maximum Gasteiger partial charge on any atom is 0.416 e. The van der Waals surface area contributed by atoms with Gasteiger partial charge in [0.25, 0.3) is 15.9 Å². The summed E-state index contributed by atoms with van der Waals surface area (Å²) in [5, 5.41) is 0. The first-order valence-electron chi connectivity index (χ1n) is 8.22. The molecule has 1 aliphatic heterocycles. The minimum Gasteiger partial charge on any atom is -0.447 e. The zero-order chi connectivity index (χ0) is 19.4. The van der Waals surface area contributed by atoms with E-state index in [9.17, 15) is 18.0 Å². The van der Waals surface area contributed by atoms with E-state index in [0.29, 0.717) is 5.56 Å². The van der Waals surface area contributed by atoms with Crippen molar-refractivity contribution >= 4 is 27.7 Å². The summed E-state index contributed by atoms with van der Waals surface area (Å²) in [7, 11) is -3.91. The van der Waals surface area contributed by atoms with E-state index in [-0.39, 0.29) is 23.7 Å². The maximum atomic E-state index is 12.7. The monoisotopic (exact) mass is 386 g/mol. The van der Waals surface area contributed by atoms with Crippen molar-refractivity contribution in [1.82, 2.24) is 9.62 Å². The second-order valence-corrected chi connectivity index (χ2v) is 7.63. The molecule has 0 radical (unpaired) electrons. The fraction of sp³-hybridized carbons (Fsp3) is 0.158. The molecule has 0 aromatic heterocycles. The number of carbonyl (C=O) groups excluding carboxylic acids is 2. The molecule has 1 fully saturated rings. The Bertz CT molecular complexity index is 983. The Morgan fingerprint density at radius 2 is 1.78 bits per heavy atom. The molecule has 140 valence electrons. The van der Waals surface area contributed by atoms with E-state index in [1.54, 1.807) is 42.5 Å². The van der Waals surface area contributed by atoms with Crippen LogP contribution in [0.3, 0.4) is 0 Å². The number of aryl methyl sites for hydroxylation is 1. The van der Waals surface area contributed by atoms with Gasteiger partial charge in [0.05, 0.1) is 17.1 Å². The van der Waals surface area contributed by atoms with E-state index in [1.807, 2.05) is 6.92 Å². The van der Waals surface area contributed by atoms with Crippen LogP contribution in [0, 0.1) is 6.92 Å². The number of rotatable bonds is 5. The average Bonchev–Trinajstić information content (AvgIpc) is 3.08. The van der Waals surface area contributed by atoms with E-state index in [4.69, 9.17) is 4.74 Å². The van der Waals surface area contributed by atoms with Crippen molar-refractivity contribution in [2.24, 2.45) is 0 Å². The molecule has 7 nitrogen and oxygen atoms in total. The number of hydrogen-bond donors (Lipinski definition) is 1. The lowest BCUT2D eigenvalue weighted by atomic mass is 10.1. The fourth-order valence-electron chi connectivity index (χ4n) is 2.51.